The van der Waals surface area contributed by atoms with Gasteiger partial charge >= 0.3 is 0 Å². The van der Waals surface area contributed by atoms with E-state index in [0.717, 1.165) is 52.9 Å². The Kier molecular flexibility index (Phi) is 11.9. The lowest BCUT2D eigenvalue weighted by Crippen LogP contribution is -3.00. The number of hydrogen-bond donors (Lipinski definition) is 1. The van der Waals surface area contributed by atoms with E-state index in [-0.39, 0.29) is 59.5 Å². The normalized spacial score (nSPS) is 37.8. The molecule has 264 valence electrons. The van der Waals surface area contributed by atoms with Crippen molar-refractivity contribution in [1.29, 1.82) is 0 Å². The SMILES string of the molecule is COc1cc(/C=C2\C[C@H]3[C@@H]4CC=C5C[C@@H]([N+]6(C)CCCC6)CC[C@]5(C)[C@H]4CC[C@]3(C)[C@H]2O)ccc1OCC[N+]1(C)CCCCC1.[I-].[I-]. The van der Waals surface area contributed by atoms with E-state index in [0.29, 0.717) is 23.9 Å². The average molecular weight is 873 g/mol. The maximum atomic E-state index is 11.9. The molecule has 47 heavy (non-hydrogen) atoms. The largest absolute Gasteiger partial charge is 1.00 e. The lowest BCUT2D eigenvalue weighted by molar-refractivity contribution is -0.923. The number of benzene rings is 1. The molecule has 2 saturated heterocycles. The van der Waals surface area contributed by atoms with Crippen molar-refractivity contribution in [3.8, 4) is 11.5 Å². The molecular weight excluding hydrogens is 810 g/mol. The molecule has 7 rings (SSSR count). The Balaban J connectivity index is 0.00000217. The number of methoxy groups -OCH3 is 1. The zero-order valence-corrected chi connectivity index (χ0v) is 34.2. The topological polar surface area (TPSA) is 38.7 Å². The molecule has 0 amide bonds. The monoisotopic (exact) mass is 872 g/mol. The third kappa shape index (κ3) is 6.97. The molecule has 4 aliphatic carbocycles. The van der Waals surface area contributed by atoms with Crippen LogP contribution in [0, 0.1) is 28.6 Å². The highest BCUT2D eigenvalue weighted by Gasteiger charge is 2.60. The van der Waals surface area contributed by atoms with Crippen molar-refractivity contribution >= 4 is 6.08 Å². The van der Waals surface area contributed by atoms with Gasteiger partial charge in [-0.2, -0.15) is 0 Å². The van der Waals surface area contributed by atoms with E-state index in [1.54, 1.807) is 12.7 Å². The second kappa shape index (κ2) is 14.7. The van der Waals surface area contributed by atoms with Gasteiger partial charge in [0.05, 0.1) is 59.5 Å². The molecule has 0 aromatic heterocycles. The Bertz CT molecular complexity index is 1320. The van der Waals surface area contributed by atoms with Gasteiger partial charge in [-0.1, -0.05) is 37.6 Å². The molecule has 1 aromatic rings. The minimum absolute atomic E-state index is 0. The Morgan fingerprint density at radius 2 is 1.62 bits per heavy atom. The molecule has 0 bridgehead atoms. The number of allylic oxidation sites excluding steroid dienone is 1. The summed E-state index contributed by atoms with van der Waals surface area (Å²) in [4.78, 5) is 0. The summed E-state index contributed by atoms with van der Waals surface area (Å²) < 4.78 is 14.5. The van der Waals surface area contributed by atoms with E-state index in [4.69, 9.17) is 9.47 Å². The van der Waals surface area contributed by atoms with E-state index in [1.807, 2.05) is 0 Å². The number of quaternary nitrogens is 2. The van der Waals surface area contributed by atoms with Crippen molar-refractivity contribution < 1.29 is 71.5 Å². The molecule has 7 heteroatoms. The Labute approximate surface area is 320 Å². The maximum Gasteiger partial charge on any atom is 0.161 e. The van der Waals surface area contributed by atoms with Gasteiger partial charge in [-0.05, 0) is 97.8 Å². The number of rotatable bonds is 7. The second-order valence-corrected chi connectivity index (χ2v) is 17.3. The number of halogens is 2. The number of nitrogens with zero attached hydrogens (tertiary/aromatic N) is 2. The summed E-state index contributed by atoms with van der Waals surface area (Å²) in [5.41, 5.74) is 4.45. The Morgan fingerprint density at radius 3 is 2.34 bits per heavy atom. The van der Waals surface area contributed by atoms with Gasteiger partial charge in [0.25, 0.3) is 0 Å². The van der Waals surface area contributed by atoms with Crippen LogP contribution in [0.5, 0.6) is 11.5 Å². The highest BCUT2D eigenvalue weighted by atomic mass is 127. The van der Waals surface area contributed by atoms with Gasteiger partial charge in [0, 0.05) is 31.1 Å². The van der Waals surface area contributed by atoms with Crippen LogP contribution in [0.2, 0.25) is 0 Å². The summed E-state index contributed by atoms with van der Waals surface area (Å²) in [6.45, 7) is 12.1. The number of aliphatic hydroxyl groups is 1. The summed E-state index contributed by atoms with van der Waals surface area (Å²) >= 11 is 0. The average Bonchev–Trinajstić information content (AvgIpc) is 3.59. The van der Waals surface area contributed by atoms with Crippen LogP contribution in [0.25, 0.3) is 6.08 Å². The molecule has 0 unspecified atom stereocenters. The quantitative estimate of drug-likeness (QED) is 0.258. The molecule has 1 aromatic carbocycles. The molecule has 3 saturated carbocycles. The summed E-state index contributed by atoms with van der Waals surface area (Å²) in [5.74, 6) is 3.61. The van der Waals surface area contributed by atoms with Crippen LogP contribution in [0.3, 0.4) is 0 Å². The van der Waals surface area contributed by atoms with Crippen molar-refractivity contribution in [2.24, 2.45) is 28.6 Å². The summed E-state index contributed by atoms with van der Waals surface area (Å²) in [6, 6.07) is 7.16. The number of ether oxygens (including phenoxy) is 2. The molecule has 2 aliphatic heterocycles. The molecule has 7 atom stereocenters. The van der Waals surface area contributed by atoms with Gasteiger partial charge in [-0.15, -0.1) is 0 Å². The van der Waals surface area contributed by atoms with E-state index < -0.39 is 0 Å². The van der Waals surface area contributed by atoms with Crippen LogP contribution in [0.15, 0.2) is 35.4 Å². The number of likely N-dealkylation sites (N-methyl/N-ethyl adjacent to an activating group) is 1. The number of likely N-dealkylation sites (tertiary alicyclic amines) is 2. The lowest BCUT2D eigenvalue weighted by atomic mass is 9.47. The first kappa shape index (κ1) is 37.9. The summed E-state index contributed by atoms with van der Waals surface area (Å²) in [5, 5.41) is 11.9. The number of hydrogen-bond acceptors (Lipinski definition) is 3. The first-order valence-electron chi connectivity index (χ1n) is 18.6. The van der Waals surface area contributed by atoms with Gasteiger partial charge in [0.1, 0.15) is 13.2 Å². The smallest absolute Gasteiger partial charge is 0.161 e. The van der Waals surface area contributed by atoms with Crippen LogP contribution in [0.1, 0.15) is 96.5 Å². The number of fused-ring (bicyclic) bond motifs is 5. The maximum absolute atomic E-state index is 11.9. The standard InChI is InChI=1S/C40H62N2O3.2HI/c1-39-17-15-32(42(4)21-9-10-22-42)28-31(39)12-13-33-34(39)16-18-40(2)35(33)27-30(38(40)43)25-29-11-14-36(37(26-29)44-5)45-24-23-41(3)19-7-6-8-20-41;;/h11-12,14,25-26,32-35,38,43H,6-10,13,15-24,27-28H2,1-5H3;2*1H/q+2;;/p-2/b30-25+;;/t32-,33+,34-,35-,38-,39-,40-;;/m0../s1. The van der Waals surface area contributed by atoms with Crippen LogP contribution < -0.4 is 57.4 Å². The fraction of sp³-hybridized carbons (Fsp3) is 0.750. The van der Waals surface area contributed by atoms with Crippen LogP contribution >= 0.6 is 0 Å². The number of piperidine rings is 1. The van der Waals surface area contributed by atoms with E-state index in [9.17, 15) is 5.11 Å². The van der Waals surface area contributed by atoms with Gasteiger partial charge < -0.3 is 71.5 Å². The summed E-state index contributed by atoms with van der Waals surface area (Å²) in [6.07, 6.45) is 20.2. The molecule has 2 heterocycles. The van der Waals surface area contributed by atoms with Crippen molar-refractivity contribution in [2.75, 3.05) is 60.5 Å². The lowest BCUT2D eigenvalue weighted by Gasteiger charge is -2.58. The minimum atomic E-state index is -0.368. The first-order chi connectivity index (χ1) is 21.6. The van der Waals surface area contributed by atoms with Crippen LogP contribution in [0.4, 0.5) is 0 Å². The molecule has 1 N–H and O–H groups in total. The predicted octanol–water partition coefficient (Wildman–Crippen LogP) is 1.64. The minimum Gasteiger partial charge on any atom is -1.00 e. The second-order valence-electron chi connectivity index (χ2n) is 17.3. The van der Waals surface area contributed by atoms with Crippen LogP contribution in [-0.4, -0.2) is 86.8 Å². The van der Waals surface area contributed by atoms with Gasteiger partial charge in [0.2, 0.25) is 0 Å². The van der Waals surface area contributed by atoms with Gasteiger partial charge in [-0.3, -0.25) is 0 Å². The highest BCUT2D eigenvalue weighted by molar-refractivity contribution is 5.60. The number of aliphatic hydroxyl groups excluding tert-OH is 1. The zero-order chi connectivity index (χ0) is 31.5. The van der Waals surface area contributed by atoms with Crippen molar-refractivity contribution in [3.63, 3.8) is 0 Å². The van der Waals surface area contributed by atoms with E-state index in [2.05, 4.69) is 58.3 Å². The molecule has 0 radical (unpaired) electrons. The van der Waals surface area contributed by atoms with Gasteiger partial charge in [-0.25, -0.2) is 0 Å². The van der Waals surface area contributed by atoms with Gasteiger partial charge in [0.15, 0.2) is 11.5 Å². The fourth-order valence-corrected chi connectivity index (χ4v) is 11.6. The van der Waals surface area contributed by atoms with Crippen LogP contribution in [-0.2, 0) is 0 Å². The molecule has 0 spiro atoms. The summed E-state index contributed by atoms with van der Waals surface area (Å²) in [7, 11) is 6.65. The molecule has 5 fully saturated rings. The third-order valence-corrected chi connectivity index (χ3v) is 14.7. The van der Waals surface area contributed by atoms with Crippen molar-refractivity contribution in [3.05, 3.63) is 41.0 Å². The Morgan fingerprint density at radius 1 is 0.894 bits per heavy atom. The van der Waals surface area contributed by atoms with E-state index >= 15 is 0 Å². The van der Waals surface area contributed by atoms with Crippen molar-refractivity contribution in [1.82, 2.24) is 0 Å². The molecular formula is C40H62I2N2O3. The highest BCUT2D eigenvalue weighted by Crippen LogP contribution is 2.66. The fourth-order valence-electron chi connectivity index (χ4n) is 11.6. The first-order valence-corrected chi connectivity index (χ1v) is 18.6. The predicted molar refractivity (Wildman–Crippen MR) is 183 cm³/mol. The third-order valence-electron chi connectivity index (χ3n) is 14.7. The zero-order valence-electron chi connectivity index (χ0n) is 29.9. The Hall–Kier alpha value is -0.360. The van der Waals surface area contributed by atoms with E-state index in [1.165, 1.54) is 100 Å². The molecule has 5 nitrogen and oxygen atoms in total. The van der Waals surface area contributed by atoms with Crippen molar-refractivity contribution in [2.45, 2.75) is 103 Å². The molecule has 6 aliphatic rings.